The van der Waals surface area contributed by atoms with E-state index < -0.39 is 0 Å². The molecule has 0 radical (unpaired) electrons. The molecule has 2 aromatic carbocycles. The lowest BCUT2D eigenvalue weighted by atomic mass is 9.80. The molecular formula is C24H28FN3O. The summed E-state index contributed by atoms with van der Waals surface area (Å²) in [6, 6.07) is 15.2. The van der Waals surface area contributed by atoms with E-state index in [1.165, 1.54) is 37.2 Å². The topological polar surface area (TPSA) is 42.2 Å². The van der Waals surface area contributed by atoms with Crippen LogP contribution < -0.4 is 0 Å². The second kappa shape index (κ2) is 8.46. The van der Waals surface area contributed by atoms with Crippen molar-refractivity contribution < 1.29 is 8.91 Å². The molecule has 2 heterocycles. The maximum Gasteiger partial charge on any atom is 0.226 e. The average Bonchev–Trinajstić information content (AvgIpc) is 3.14. The van der Waals surface area contributed by atoms with Gasteiger partial charge in [0.1, 0.15) is 5.82 Å². The van der Waals surface area contributed by atoms with Gasteiger partial charge >= 0.3 is 0 Å². The van der Waals surface area contributed by atoms with E-state index in [0.29, 0.717) is 11.7 Å². The van der Waals surface area contributed by atoms with Gasteiger partial charge in [0.05, 0.1) is 0 Å². The minimum Gasteiger partial charge on any atom is -0.339 e. The summed E-state index contributed by atoms with van der Waals surface area (Å²) in [6.45, 7) is 7.78. The molecular weight excluding hydrogens is 365 g/mol. The lowest BCUT2D eigenvalue weighted by molar-refractivity contribution is 0.172. The Bertz CT molecular complexity index is 928. The van der Waals surface area contributed by atoms with Crippen LogP contribution >= 0.6 is 0 Å². The maximum atomic E-state index is 13.2. The van der Waals surface area contributed by atoms with E-state index in [-0.39, 0.29) is 11.2 Å². The number of hydrogen-bond donors (Lipinski definition) is 0. The summed E-state index contributed by atoms with van der Waals surface area (Å²) in [5.41, 5.74) is 3.42. The third kappa shape index (κ3) is 4.91. The Labute approximate surface area is 171 Å². The summed E-state index contributed by atoms with van der Waals surface area (Å²) in [5, 5.41) is 4.15. The standard InChI is InChI=1S/C24H28FN3O/c1-24(2,20-10-12-21(25)13-11-20)14-3-5-22-26-23(27-29-22)19-8-6-18(7-9-19)17-28-15-4-16-28/h6-13H,3-5,14-17H2,1-2H3. The first-order valence-electron chi connectivity index (χ1n) is 10.4. The Balaban J connectivity index is 1.31. The van der Waals surface area contributed by atoms with Crippen LogP contribution in [0.25, 0.3) is 11.4 Å². The van der Waals surface area contributed by atoms with Crippen LogP contribution in [0.1, 0.15) is 50.1 Å². The van der Waals surface area contributed by atoms with Gasteiger partial charge in [-0.05, 0) is 61.0 Å². The summed E-state index contributed by atoms with van der Waals surface area (Å²) in [6.07, 6.45) is 3.94. The number of hydrogen-bond acceptors (Lipinski definition) is 4. The molecule has 0 atom stereocenters. The minimum atomic E-state index is -0.198. The van der Waals surface area contributed by atoms with Crippen LogP contribution in [-0.4, -0.2) is 28.1 Å². The summed E-state index contributed by atoms with van der Waals surface area (Å²) < 4.78 is 18.6. The fourth-order valence-corrected chi connectivity index (χ4v) is 3.76. The van der Waals surface area contributed by atoms with E-state index in [0.717, 1.165) is 36.9 Å². The van der Waals surface area contributed by atoms with Crippen LogP contribution in [0.5, 0.6) is 0 Å². The van der Waals surface area contributed by atoms with E-state index in [1.54, 1.807) is 0 Å². The predicted molar refractivity (Wildman–Crippen MR) is 112 cm³/mol. The number of benzene rings is 2. The highest BCUT2D eigenvalue weighted by Gasteiger charge is 2.21. The Kier molecular flexibility index (Phi) is 5.76. The molecule has 3 aromatic rings. The molecule has 1 saturated heterocycles. The van der Waals surface area contributed by atoms with Gasteiger partial charge in [0.2, 0.25) is 11.7 Å². The second-order valence-electron chi connectivity index (χ2n) is 8.58. The Hall–Kier alpha value is -2.53. The molecule has 0 aliphatic carbocycles. The van der Waals surface area contributed by atoms with Gasteiger partial charge in [-0.2, -0.15) is 4.98 Å². The molecule has 0 amide bonds. The molecule has 0 spiro atoms. The molecule has 152 valence electrons. The summed E-state index contributed by atoms with van der Waals surface area (Å²) in [4.78, 5) is 7.00. The van der Waals surface area contributed by atoms with Crippen molar-refractivity contribution >= 4 is 0 Å². The number of aryl methyl sites for hydroxylation is 1. The van der Waals surface area contributed by atoms with Crippen molar-refractivity contribution in [3.8, 4) is 11.4 Å². The molecule has 29 heavy (non-hydrogen) atoms. The number of rotatable bonds is 8. The van der Waals surface area contributed by atoms with E-state index >= 15 is 0 Å². The summed E-state index contributed by atoms with van der Waals surface area (Å²) in [5.74, 6) is 1.12. The zero-order valence-corrected chi connectivity index (χ0v) is 17.2. The Morgan fingerprint density at radius 1 is 1.03 bits per heavy atom. The van der Waals surface area contributed by atoms with Crippen molar-refractivity contribution in [3.63, 3.8) is 0 Å². The zero-order valence-electron chi connectivity index (χ0n) is 17.2. The first-order chi connectivity index (χ1) is 14.0. The Morgan fingerprint density at radius 3 is 2.41 bits per heavy atom. The van der Waals surface area contributed by atoms with E-state index in [2.05, 4.69) is 53.2 Å². The molecule has 4 nitrogen and oxygen atoms in total. The smallest absolute Gasteiger partial charge is 0.226 e. The largest absolute Gasteiger partial charge is 0.339 e. The fraction of sp³-hybridized carbons (Fsp3) is 0.417. The number of halogens is 1. The number of aromatic nitrogens is 2. The molecule has 1 aliphatic heterocycles. The van der Waals surface area contributed by atoms with Gasteiger partial charge in [-0.3, -0.25) is 4.90 Å². The molecule has 4 rings (SSSR count). The SMILES string of the molecule is CC(C)(CCCc1nc(-c2ccc(CN3CCC3)cc2)no1)c1ccc(F)cc1. The molecule has 0 unspecified atom stereocenters. The van der Waals surface area contributed by atoms with Crippen molar-refractivity contribution in [2.45, 2.75) is 51.5 Å². The van der Waals surface area contributed by atoms with Gasteiger partial charge in [0.25, 0.3) is 0 Å². The van der Waals surface area contributed by atoms with E-state index in [4.69, 9.17) is 4.52 Å². The van der Waals surface area contributed by atoms with Crippen molar-refractivity contribution in [2.75, 3.05) is 13.1 Å². The molecule has 1 aliphatic rings. The first kappa shape index (κ1) is 19.8. The van der Waals surface area contributed by atoms with Crippen LogP contribution in [0.4, 0.5) is 4.39 Å². The van der Waals surface area contributed by atoms with Crippen LogP contribution in [0, 0.1) is 5.82 Å². The van der Waals surface area contributed by atoms with Gasteiger partial charge in [-0.15, -0.1) is 0 Å². The molecule has 0 saturated carbocycles. The van der Waals surface area contributed by atoms with Gasteiger partial charge < -0.3 is 4.52 Å². The van der Waals surface area contributed by atoms with E-state index in [9.17, 15) is 4.39 Å². The Morgan fingerprint density at radius 2 is 1.76 bits per heavy atom. The summed E-state index contributed by atoms with van der Waals surface area (Å²) in [7, 11) is 0. The highest BCUT2D eigenvalue weighted by atomic mass is 19.1. The van der Waals surface area contributed by atoms with Crippen molar-refractivity contribution in [1.82, 2.24) is 15.0 Å². The minimum absolute atomic E-state index is 0.0250. The van der Waals surface area contributed by atoms with Gasteiger partial charge in [0.15, 0.2) is 0 Å². The number of likely N-dealkylation sites (tertiary alicyclic amines) is 1. The molecule has 0 bridgehead atoms. The van der Waals surface area contributed by atoms with Gasteiger partial charge in [0, 0.05) is 18.5 Å². The van der Waals surface area contributed by atoms with Crippen LogP contribution in [0.15, 0.2) is 53.1 Å². The van der Waals surface area contributed by atoms with Crippen molar-refractivity contribution in [1.29, 1.82) is 0 Å². The fourth-order valence-electron chi connectivity index (χ4n) is 3.76. The molecule has 1 fully saturated rings. The van der Waals surface area contributed by atoms with E-state index in [1.807, 2.05) is 12.1 Å². The molecule has 1 aromatic heterocycles. The number of nitrogens with zero attached hydrogens (tertiary/aromatic N) is 3. The van der Waals surface area contributed by atoms with Crippen LogP contribution in [-0.2, 0) is 18.4 Å². The summed E-state index contributed by atoms with van der Waals surface area (Å²) >= 11 is 0. The lowest BCUT2D eigenvalue weighted by Crippen LogP contribution is -2.36. The third-order valence-electron chi connectivity index (χ3n) is 5.85. The van der Waals surface area contributed by atoms with Crippen LogP contribution in [0.3, 0.4) is 0 Å². The quantitative estimate of drug-likeness (QED) is 0.515. The highest BCUT2D eigenvalue weighted by molar-refractivity contribution is 5.54. The van der Waals surface area contributed by atoms with Gasteiger partial charge in [-0.1, -0.05) is 55.4 Å². The van der Waals surface area contributed by atoms with Crippen molar-refractivity contribution in [2.24, 2.45) is 0 Å². The molecule has 0 N–H and O–H groups in total. The van der Waals surface area contributed by atoms with Crippen LogP contribution in [0.2, 0.25) is 0 Å². The lowest BCUT2D eigenvalue weighted by Gasteiger charge is -2.30. The predicted octanol–water partition coefficient (Wildman–Crippen LogP) is 5.38. The monoisotopic (exact) mass is 393 g/mol. The third-order valence-corrected chi connectivity index (χ3v) is 5.85. The maximum absolute atomic E-state index is 13.2. The van der Waals surface area contributed by atoms with Gasteiger partial charge in [-0.25, -0.2) is 4.39 Å². The second-order valence-corrected chi connectivity index (χ2v) is 8.58. The molecule has 5 heteroatoms. The zero-order chi connectivity index (χ0) is 20.3. The highest BCUT2D eigenvalue weighted by Crippen LogP contribution is 2.29. The van der Waals surface area contributed by atoms with Crippen molar-refractivity contribution in [3.05, 3.63) is 71.4 Å². The normalized spacial score (nSPS) is 14.7. The first-order valence-corrected chi connectivity index (χ1v) is 10.4. The average molecular weight is 394 g/mol.